The van der Waals surface area contributed by atoms with Gasteiger partial charge < -0.3 is 5.32 Å². The van der Waals surface area contributed by atoms with Crippen LogP contribution in [-0.2, 0) is 12.0 Å². The van der Waals surface area contributed by atoms with Gasteiger partial charge in [0.25, 0.3) is 5.56 Å². The highest BCUT2D eigenvalue weighted by Gasteiger charge is 2.43. The Morgan fingerprint density at radius 3 is 2.85 bits per heavy atom. The summed E-state index contributed by atoms with van der Waals surface area (Å²) in [5.41, 5.74) is 6.85. The third kappa shape index (κ3) is 3.50. The van der Waals surface area contributed by atoms with E-state index in [0.717, 1.165) is 44.0 Å². The molecule has 2 aliphatic rings. The Hall–Kier alpha value is -3.50. The van der Waals surface area contributed by atoms with Crippen LogP contribution in [0.4, 0.5) is 5.69 Å². The summed E-state index contributed by atoms with van der Waals surface area (Å²) in [7, 11) is 0. The Labute approximate surface area is 201 Å². The lowest BCUT2D eigenvalue weighted by atomic mass is 9.89. The zero-order chi connectivity index (χ0) is 23.6. The van der Waals surface area contributed by atoms with E-state index in [2.05, 4.69) is 42.2 Å². The first-order valence-corrected chi connectivity index (χ1v) is 12.4. The number of nitrogens with zero attached hydrogens (tertiary/aromatic N) is 4. The Balaban J connectivity index is 1.42. The minimum Gasteiger partial charge on any atom is -0.384 e. The molecule has 6 nitrogen and oxygen atoms in total. The number of hydrogen-bond donors (Lipinski definition) is 1. The van der Waals surface area contributed by atoms with E-state index in [4.69, 9.17) is 0 Å². The fourth-order valence-electron chi connectivity index (χ4n) is 4.91. The van der Waals surface area contributed by atoms with Crippen LogP contribution >= 0.6 is 11.3 Å². The van der Waals surface area contributed by atoms with Crippen LogP contribution < -0.4 is 10.9 Å². The molecular weight excluding hydrogens is 442 g/mol. The monoisotopic (exact) mass is 467 g/mol. The first kappa shape index (κ1) is 21.1. The molecule has 1 saturated carbocycles. The number of rotatable bonds is 3. The number of benzene rings is 1. The normalized spacial score (nSPS) is 18.6. The molecule has 4 aromatic rings. The van der Waals surface area contributed by atoms with Crippen LogP contribution in [-0.4, -0.2) is 21.3 Å². The number of aromatic nitrogens is 3. The summed E-state index contributed by atoms with van der Waals surface area (Å²) < 4.78 is 2.57. The Morgan fingerprint density at radius 1 is 1.24 bits per heavy atom. The van der Waals surface area contributed by atoms with Crippen molar-refractivity contribution in [2.24, 2.45) is 5.92 Å². The van der Waals surface area contributed by atoms with Crippen LogP contribution in [0.5, 0.6) is 0 Å². The van der Waals surface area contributed by atoms with Gasteiger partial charge in [-0.2, -0.15) is 10.4 Å². The van der Waals surface area contributed by atoms with Crippen molar-refractivity contribution in [3.8, 4) is 17.2 Å². The molecule has 3 aromatic heterocycles. The average Bonchev–Trinajstić information content (AvgIpc) is 3.50. The lowest BCUT2D eigenvalue weighted by Gasteiger charge is -2.22. The van der Waals surface area contributed by atoms with Crippen molar-refractivity contribution in [1.29, 1.82) is 5.26 Å². The second-order valence-electron chi connectivity index (χ2n) is 10.4. The van der Waals surface area contributed by atoms with E-state index in [1.165, 1.54) is 16.7 Å². The predicted molar refractivity (Wildman–Crippen MR) is 135 cm³/mol. The van der Waals surface area contributed by atoms with Crippen LogP contribution in [0.15, 0.2) is 47.5 Å². The van der Waals surface area contributed by atoms with E-state index >= 15 is 0 Å². The quantitative estimate of drug-likeness (QED) is 0.444. The van der Waals surface area contributed by atoms with Gasteiger partial charge in [-0.25, -0.2) is 4.68 Å². The third-order valence-corrected chi connectivity index (χ3v) is 8.10. The molecule has 2 unspecified atom stereocenters. The van der Waals surface area contributed by atoms with Crippen LogP contribution in [0.25, 0.3) is 21.3 Å². The Morgan fingerprint density at radius 2 is 2.09 bits per heavy atom. The van der Waals surface area contributed by atoms with Crippen molar-refractivity contribution in [3.63, 3.8) is 0 Å². The van der Waals surface area contributed by atoms with E-state index in [0.29, 0.717) is 23.9 Å². The summed E-state index contributed by atoms with van der Waals surface area (Å²) in [6.07, 6.45) is 4.80. The standard InChI is InChI=1S/C27H25N5OS/c1-27(2,3)17-9-24(33)32(31-13-17)14-18-10-23-26(34-18)19(4-5-29-23)21-6-15(11-28)7-22-20-8-16(20)12-30-25(21)22/h4-7,9-10,13,16,20,30H,8,12,14H2,1-3H3. The summed E-state index contributed by atoms with van der Waals surface area (Å²) in [6.45, 7) is 7.61. The van der Waals surface area contributed by atoms with Crippen molar-refractivity contribution >= 4 is 27.2 Å². The number of nitrogens with one attached hydrogen (secondary N) is 1. The number of fused-ring (bicyclic) bond motifs is 4. The van der Waals surface area contributed by atoms with Gasteiger partial charge in [0, 0.05) is 40.5 Å². The van der Waals surface area contributed by atoms with Gasteiger partial charge in [0.1, 0.15) is 0 Å². The first-order chi connectivity index (χ1) is 16.3. The van der Waals surface area contributed by atoms with E-state index in [1.54, 1.807) is 23.6 Å². The van der Waals surface area contributed by atoms with Crippen LogP contribution in [0.2, 0.25) is 0 Å². The fraction of sp³-hybridized carbons (Fsp3) is 0.333. The lowest BCUT2D eigenvalue weighted by molar-refractivity contribution is 0.564. The highest BCUT2D eigenvalue weighted by atomic mass is 32.1. The van der Waals surface area contributed by atoms with Gasteiger partial charge in [0.2, 0.25) is 0 Å². The molecule has 7 heteroatoms. The van der Waals surface area contributed by atoms with E-state index in [9.17, 15) is 10.1 Å². The SMILES string of the molecule is CC(C)(C)c1cnn(Cc2cc3nccc(-c4cc(C#N)cc5c4NCC4CC54)c3s2)c(=O)c1. The minimum atomic E-state index is -0.118. The number of hydrogen-bond acceptors (Lipinski definition) is 6. The summed E-state index contributed by atoms with van der Waals surface area (Å²) in [5.74, 6) is 1.25. The van der Waals surface area contributed by atoms with Crippen molar-refractivity contribution in [2.45, 2.75) is 45.1 Å². The fourth-order valence-corrected chi connectivity index (χ4v) is 6.03. The number of nitriles is 1. The highest BCUT2D eigenvalue weighted by molar-refractivity contribution is 7.19. The largest absolute Gasteiger partial charge is 0.384 e. The predicted octanol–water partition coefficient (Wildman–Crippen LogP) is 5.27. The summed E-state index contributed by atoms with van der Waals surface area (Å²) in [5, 5.41) is 17.7. The van der Waals surface area contributed by atoms with Crippen LogP contribution in [0, 0.1) is 17.2 Å². The van der Waals surface area contributed by atoms with Crippen LogP contribution in [0.1, 0.15) is 54.7 Å². The number of thiophene rings is 1. The second kappa shape index (κ2) is 7.51. The maximum atomic E-state index is 12.7. The molecule has 2 atom stereocenters. The van der Waals surface area contributed by atoms with Gasteiger partial charge in [-0.15, -0.1) is 11.3 Å². The zero-order valence-corrected chi connectivity index (χ0v) is 20.2. The van der Waals surface area contributed by atoms with Gasteiger partial charge in [-0.05, 0) is 59.1 Å². The van der Waals surface area contributed by atoms with Crippen molar-refractivity contribution in [2.75, 3.05) is 11.9 Å². The molecule has 1 aliphatic carbocycles. The minimum absolute atomic E-state index is 0.1000. The molecule has 0 radical (unpaired) electrons. The van der Waals surface area contributed by atoms with Gasteiger partial charge in [-0.1, -0.05) is 20.8 Å². The molecule has 6 rings (SSSR count). The van der Waals surface area contributed by atoms with Crippen molar-refractivity contribution in [3.05, 3.63) is 74.6 Å². The maximum Gasteiger partial charge on any atom is 0.267 e. The second-order valence-corrected chi connectivity index (χ2v) is 11.5. The molecular formula is C27H25N5OS. The van der Waals surface area contributed by atoms with Crippen LogP contribution in [0.3, 0.4) is 0 Å². The lowest BCUT2D eigenvalue weighted by Crippen LogP contribution is -2.25. The Bertz CT molecular complexity index is 1550. The molecule has 1 aliphatic heterocycles. The summed E-state index contributed by atoms with van der Waals surface area (Å²) in [6, 6.07) is 12.1. The van der Waals surface area contributed by atoms with Gasteiger partial charge >= 0.3 is 0 Å². The molecule has 4 heterocycles. The van der Waals surface area contributed by atoms with E-state index < -0.39 is 0 Å². The van der Waals surface area contributed by atoms with Gasteiger partial charge in [0.05, 0.1) is 34.6 Å². The molecule has 0 bridgehead atoms. The molecule has 1 aromatic carbocycles. The van der Waals surface area contributed by atoms with Gasteiger partial charge in [0.15, 0.2) is 0 Å². The van der Waals surface area contributed by atoms with Crippen molar-refractivity contribution < 1.29 is 0 Å². The molecule has 1 fully saturated rings. The van der Waals surface area contributed by atoms with E-state index in [-0.39, 0.29) is 11.0 Å². The molecule has 170 valence electrons. The maximum absolute atomic E-state index is 12.7. The van der Waals surface area contributed by atoms with E-state index in [1.807, 2.05) is 30.5 Å². The average molecular weight is 468 g/mol. The molecule has 0 saturated heterocycles. The molecule has 0 spiro atoms. The smallest absolute Gasteiger partial charge is 0.267 e. The highest BCUT2D eigenvalue weighted by Crippen LogP contribution is 2.55. The first-order valence-electron chi connectivity index (χ1n) is 11.6. The third-order valence-electron chi connectivity index (χ3n) is 6.96. The number of pyridine rings is 1. The molecule has 34 heavy (non-hydrogen) atoms. The zero-order valence-electron chi connectivity index (χ0n) is 19.4. The topological polar surface area (TPSA) is 83.6 Å². The summed E-state index contributed by atoms with van der Waals surface area (Å²) in [4.78, 5) is 18.3. The van der Waals surface area contributed by atoms with Crippen molar-refractivity contribution in [1.82, 2.24) is 14.8 Å². The molecule has 1 N–H and O–H groups in total. The van der Waals surface area contributed by atoms with Gasteiger partial charge in [-0.3, -0.25) is 9.78 Å². The Kier molecular flexibility index (Phi) is 4.65. The summed E-state index contributed by atoms with van der Waals surface area (Å²) >= 11 is 1.63. The number of anilines is 1. The molecule has 0 amide bonds.